The van der Waals surface area contributed by atoms with Gasteiger partial charge in [-0.1, -0.05) is 20.8 Å². The largest absolute Gasteiger partial charge is 0.504 e. The van der Waals surface area contributed by atoms with E-state index < -0.39 is 10.0 Å². The minimum Gasteiger partial charge on any atom is -0.504 e. The first-order valence-corrected chi connectivity index (χ1v) is 6.91. The fourth-order valence-electron chi connectivity index (χ4n) is 1.38. The second-order valence-corrected chi connectivity index (χ2v) is 6.96. The van der Waals surface area contributed by atoms with E-state index in [0.717, 1.165) is 0 Å². The molecule has 0 saturated carbocycles. The molecule has 17 heavy (non-hydrogen) atoms. The SMILES string of the molecule is Cc1ccc(O)c(NS(=O)(=O)CC(C)(C)C)n1. The minimum atomic E-state index is -3.50. The number of aryl methyl sites for hydroxylation is 1. The summed E-state index contributed by atoms with van der Waals surface area (Å²) in [7, 11) is -3.50. The molecule has 96 valence electrons. The first kappa shape index (κ1) is 13.8. The summed E-state index contributed by atoms with van der Waals surface area (Å²) in [6.45, 7) is 7.21. The number of aromatic nitrogens is 1. The van der Waals surface area contributed by atoms with Crippen molar-refractivity contribution < 1.29 is 13.5 Å². The van der Waals surface area contributed by atoms with E-state index in [1.165, 1.54) is 6.07 Å². The lowest BCUT2D eigenvalue weighted by Crippen LogP contribution is -2.26. The van der Waals surface area contributed by atoms with Gasteiger partial charge in [0.2, 0.25) is 10.0 Å². The van der Waals surface area contributed by atoms with Crippen LogP contribution < -0.4 is 4.72 Å². The third-order valence-corrected chi connectivity index (χ3v) is 3.64. The molecular weight excluding hydrogens is 240 g/mol. The Morgan fingerprint density at radius 3 is 2.47 bits per heavy atom. The molecule has 0 amide bonds. The number of nitrogens with zero attached hydrogens (tertiary/aromatic N) is 1. The summed E-state index contributed by atoms with van der Waals surface area (Å²) in [5.41, 5.74) is 0.280. The molecule has 0 aliphatic carbocycles. The van der Waals surface area contributed by atoms with E-state index in [2.05, 4.69) is 9.71 Å². The van der Waals surface area contributed by atoms with Crippen molar-refractivity contribution in [2.45, 2.75) is 27.7 Å². The molecule has 0 atom stereocenters. The summed E-state index contributed by atoms with van der Waals surface area (Å²) in [5, 5.41) is 9.51. The lowest BCUT2D eigenvalue weighted by molar-refractivity contribution is 0.461. The van der Waals surface area contributed by atoms with E-state index in [-0.39, 0.29) is 22.7 Å². The van der Waals surface area contributed by atoms with Crippen LogP contribution in [0, 0.1) is 12.3 Å². The average molecular weight is 258 g/mol. The van der Waals surface area contributed by atoms with Gasteiger partial charge in [-0.05, 0) is 24.5 Å². The Bertz CT molecular complexity index is 504. The van der Waals surface area contributed by atoms with Gasteiger partial charge in [0.1, 0.15) is 0 Å². The van der Waals surface area contributed by atoms with Crippen LogP contribution in [-0.2, 0) is 10.0 Å². The highest BCUT2D eigenvalue weighted by Crippen LogP contribution is 2.23. The number of sulfonamides is 1. The maximum Gasteiger partial charge on any atom is 0.234 e. The van der Waals surface area contributed by atoms with Crippen molar-refractivity contribution in [3.05, 3.63) is 17.8 Å². The minimum absolute atomic E-state index is 0.0192. The molecule has 0 fully saturated rings. The van der Waals surface area contributed by atoms with Gasteiger partial charge in [0.05, 0.1) is 5.75 Å². The summed E-state index contributed by atoms with van der Waals surface area (Å²) >= 11 is 0. The predicted molar refractivity (Wildman–Crippen MR) is 67.5 cm³/mol. The molecule has 1 aromatic rings. The summed E-state index contributed by atoms with van der Waals surface area (Å²) in [6.07, 6.45) is 0. The van der Waals surface area contributed by atoms with Gasteiger partial charge in [-0.3, -0.25) is 4.72 Å². The first-order chi connectivity index (χ1) is 7.59. The van der Waals surface area contributed by atoms with Crippen molar-refractivity contribution in [2.24, 2.45) is 5.41 Å². The van der Waals surface area contributed by atoms with Crippen LogP contribution in [-0.4, -0.2) is 24.3 Å². The standard InChI is InChI=1S/C11H18N2O3S/c1-8-5-6-9(14)10(12-8)13-17(15,16)7-11(2,3)4/h5-6,14H,7H2,1-4H3,(H,12,13). The Morgan fingerprint density at radius 1 is 1.35 bits per heavy atom. The predicted octanol–water partition coefficient (Wildman–Crippen LogP) is 1.88. The Labute approximate surface area is 102 Å². The van der Waals surface area contributed by atoms with Gasteiger partial charge in [0.15, 0.2) is 11.6 Å². The Morgan fingerprint density at radius 2 is 1.94 bits per heavy atom. The number of nitrogens with one attached hydrogen (secondary N) is 1. The molecule has 0 unspecified atom stereocenters. The van der Waals surface area contributed by atoms with Crippen molar-refractivity contribution >= 4 is 15.8 Å². The van der Waals surface area contributed by atoms with Crippen LogP contribution in [0.5, 0.6) is 5.75 Å². The lowest BCUT2D eigenvalue weighted by atomic mass is 10.0. The molecule has 6 heteroatoms. The van der Waals surface area contributed by atoms with Crippen LogP contribution in [0.3, 0.4) is 0 Å². The smallest absolute Gasteiger partial charge is 0.234 e. The van der Waals surface area contributed by atoms with E-state index in [0.29, 0.717) is 5.69 Å². The van der Waals surface area contributed by atoms with E-state index in [1.54, 1.807) is 13.0 Å². The van der Waals surface area contributed by atoms with Crippen molar-refractivity contribution in [1.82, 2.24) is 4.98 Å². The van der Waals surface area contributed by atoms with Gasteiger partial charge >= 0.3 is 0 Å². The van der Waals surface area contributed by atoms with Gasteiger partial charge in [0, 0.05) is 5.69 Å². The maximum absolute atomic E-state index is 11.8. The normalized spacial score (nSPS) is 12.5. The number of aromatic hydroxyl groups is 1. The Balaban J connectivity index is 2.94. The van der Waals surface area contributed by atoms with E-state index in [1.807, 2.05) is 20.8 Å². The summed E-state index contributed by atoms with van der Waals surface area (Å²) in [6, 6.07) is 3.02. The highest BCUT2D eigenvalue weighted by atomic mass is 32.2. The van der Waals surface area contributed by atoms with Gasteiger partial charge in [-0.25, -0.2) is 13.4 Å². The van der Waals surface area contributed by atoms with Crippen molar-refractivity contribution in [1.29, 1.82) is 0 Å². The van der Waals surface area contributed by atoms with Crippen molar-refractivity contribution in [3.8, 4) is 5.75 Å². The van der Waals surface area contributed by atoms with Gasteiger partial charge in [-0.15, -0.1) is 0 Å². The molecule has 0 aromatic carbocycles. The van der Waals surface area contributed by atoms with Crippen LogP contribution in [0.4, 0.5) is 5.82 Å². The zero-order valence-corrected chi connectivity index (χ0v) is 11.3. The zero-order chi connectivity index (χ0) is 13.3. The topological polar surface area (TPSA) is 79.3 Å². The summed E-state index contributed by atoms with van der Waals surface area (Å²) < 4.78 is 25.9. The average Bonchev–Trinajstić information content (AvgIpc) is 2.06. The van der Waals surface area contributed by atoms with Gasteiger partial charge < -0.3 is 5.11 Å². The molecule has 1 heterocycles. The zero-order valence-electron chi connectivity index (χ0n) is 10.5. The maximum atomic E-state index is 11.8. The monoisotopic (exact) mass is 258 g/mol. The molecule has 1 rings (SSSR count). The third-order valence-electron chi connectivity index (χ3n) is 1.89. The molecular formula is C11H18N2O3S. The van der Waals surface area contributed by atoms with E-state index in [9.17, 15) is 13.5 Å². The van der Waals surface area contributed by atoms with Gasteiger partial charge in [0.25, 0.3) is 0 Å². The van der Waals surface area contributed by atoms with E-state index >= 15 is 0 Å². The van der Waals surface area contributed by atoms with Crippen LogP contribution >= 0.6 is 0 Å². The number of rotatable bonds is 3. The second kappa shape index (κ2) is 4.52. The van der Waals surface area contributed by atoms with Crippen LogP contribution in [0.1, 0.15) is 26.5 Å². The number of pyridine rings is 1. The number of hydrogen-bond acceptors (Lipinski definition) is 4. The molecule has 0 radical (unpaired) electrons. The number of hydrogen-bond donors (Lipinski definition) is 2. The fourth-order valence-corrected chi connectivity index (χ4v) is 3.03. The first-order valence-electron chi connectivity index (χ1n) is 5.26. The summed E-state index contributed by atoms with van der Waals surface area (Å²) in [5.74, 6) is -0.225. The molecule has 0 aliphatic heterocycles. The number of anilines is 1. The third kappa shape index (κ3) is 4.60. The molecule has 2 N–H and O–H groups in total. The molecule has 0 aliphatic rings. The molecule has 0 saturated heterocycles. The Kier molecular flexibility index (Phi) is 3.66. The van der Waals surface area contributed by atoms with Gasteiger partial charge in [-0.2, -0.15) is 0 Å². The highest BCUT2D eigenvalue weighted by molar-refractivity contribution is 7.92. The lowest BCUT2D eigenvalue weighted by Gasteiger charge is -2.18. The van der Waals surface area contributed by atoms with Crippen molar-refractivity contribution in [2.75, 3.05) is 10.5 Å². The fraction of sp³-hybridized carbons (Fsp3) is 0.545. The van der Waals surface area contributed by atoms with E-state index in [4.69, 9.17) is 0 Å². The van der Waals surface area contributed by atoms with Crippen molar-refractivity contribution in [3.63, 3.8) is 0 Å². The van der Waals surface area contributed by atoms with Crippen LogP contribution in [0.2, 0.25) is 0 Å². The molecule has 0 bridgehead atoms. The Hall–Kier alpha value is -1.30. The van der Waals surface area contributed by atoms with Crippen LogP contribution in [0.15, 0.2) is 12.1 Å². The molecule has 0 spiro atoms. The molecule has 1 aromatic heterocycles. The summed E-state index contributed by atoms with van der Waals surface area (Å²) in [4.78, 5) is 3.95. The second-order valence-electron chi connectivity index (χ2n) is 5.24. The highest BCUT2D eigenvalue weighted by Gasteiger charge is 2.22. The quantitative estimate of drug-likeness (QED) is 0.867. The van der Waals surface area contributed by atoms with Crippen LogP contribution in [0.25, 0.3) is 0 Å². The molecule has 5 nitrogen and oxygen atoms in total.